The molecular formula is C14H23FN2O2. The normalized spacial score (nSPS) is 10.8. The minimum Gasteiger partial charge on any atom is -0.490 e. The van der Waals surface area contributed by atoms with Gasteiger partial charge < -0.3 is 20.5 Å². The molecule has 3 N–H and O–H groups in total. The van der Waals surface area contributed by atoms with E-state index in [2.05, 4.69) is 0 Å². The molecule has 1 rings (SSSR count). The van der Waals surface area contributed by atoms with Crippen molar-refractivity contribution in [2.75, 3.05) is 30.4 Å². The van der Waals surface area contributed by atoms with Crippen LogP contribution in [-0.4, -0.2) is 30.9 Å². The van der Waals surface area contributed by atoms with Gasteiger partial charge in [-0.25, -0.2) is 4.39 Å². The largest absolute Gasteiger partial charge is 0.490 e. The van der Waals surface area contributed by atoms with Gasteiger partial charge in [0.2, 0.25) is 0 Å². The summed E-state index contributed by atoms with van der Waals surface area (Å²) < 4.78 is 19.1. The summed E-state index contributed by atoms with van der Waals surface area (Å²) in [5.41, 5.74) is 6.91. The number of nitrogen functional groups attached to an aromatic ring is 1. The first-order chi connectivity index (χ1) is 9.01. The fourth-order valence-electron chi connectivity index (χ4n) is 1.89. The Morgan fingerprint density at radius 3 is 2.63 bits per heavy atom. The lowest BCUT2D eigenvalue weighted by molar-refractivity contribution is 0.297. The van der Waals surface area contributed by atoms with E-state index >= 15 is 0 Å². The van der Waals surface area contributed by atoms with E-state index in [1.54, 1.807) is 6.07 Å². The van der Waals surface area contributed by atoms with Crippen LogP contribution in [-0.2, 0) is 0 Å². The van der Waals surface area contributed by atoms with Gasteiger partial charge in [0, 0.05) is 24.7 Å². The van der Waals surface area contributed by atoms with Gasteiger partial charge in [-0.2, -0.15) is 0 Å². The Labute approximate surface area is 114 Å². The standard InChI is InChI=1S/C14H23FN2O2/c1-4-7-19-14-9-13(12(16)8-11(14)15)17(5-6-18)10(2)3/h8-10,18H,4-7,16H2,1-3H3. The lowest BCUT2D eigenvalue weighted by Gasteiger charge is -2.29. The van der Waals surface area contributed by atoms with Crippen LogP contribution in [0.2, 0.25) is 0 Å². The quantitative estimate of drug-likeness (QED) is 0.747. The van der Waals surface area contributed by atoms with Gasteiger partial charge in [0.1, 0.15) is 0 Å². The molecule has 0 unspecified atom stereocenters. The highest BCUT2D eigenvalue weighted by molar-refractivity contribution is 5.70. The Morgan fingerprint density at radius 2 is 2.11 bits per heavy atom. The van der Waals surface area contributed by atoms with Crippen LogP contribution in [0.4, 0.5) is 15.8 Å². The molecule has 0 aliphatic heterocycles. The van der Waals surface area contributed by atoms with Crippen LogP contribution in [0, 0.1) is 5.82 Å². The fraction of sp³-hybridized carbons (Fsp3) is 0.571. The van der Waals surface area contributed by atoms with Crippen LogP contribution >= 0.6 is 0 Å². The molecule has 0 aliphatic carbocycles. The van der Waals surface area contributed by atoms with Gasteiger partial charge in [-0.3, -0.25) is 0 Å². The van der Waals surface area contributed by atoms with Gasteiger partial charge in [0.05, 0.1) is 24.6 Å². The zero-order valence-corrected chi connectivity index (χ0v) is 11.8. The van der Waals surface area contributed by atoms with Crippen LogP contribution in [0.5, 0.6) is 5.75 Å². The third kappa shape index (κ3) is 3.99. The lowest BCUT2D eigenvalue weighted by atomic mass is 10.2. The number of hydrogen-bond donors (Lipinski definition) is 2. The van der Waals surface area contributed by atoms with Gasteiger partial charge >= 0.3 is 0 Å². The molecule has 0 radical (unpaired) electrons. The molecule has 5 heteroatoms. The molecule has 108 valence electrons. The van der Waals surface area contributed by atoms with E-state index in [1.165, 1.54) is 6.07 Å². The van der Waals surface area contributed by atoms with Crippen LogP contribution in [0.1, 0.15) is 27.2 Å². The summed E-state index contributed by atoms with van der Waals surface area (Å²) in [6.45, 7) is 6.86. The Bertz CT molecular complexity index is 411. The van der Waals surface area contributed by atoms with E-state index in [0.717, 1.165) is 6.42 Å². The van der Waals surface area contributed by atoms with Crippen LogP contribution in [0.3, 0.4) is 0 Å². The average Bonchev–Trinajstić information content (AvgIpc) is 2.35. The molecule has 0 aliphatic rings. The number of rotatable bonds is 7. The molecule has 0 saturated carbocycles. The smallest absolute Gasteiger partial charge is 0.167 e. The maximum absolute atomic E-state index is 13.7. The Morgan fingerprint density at radius 1 is 1.42 bits per heavy atom. The summed E-state index contributed by atoms with van der Waals surface area (Å²) in [7, 11) is 0. The molecule has 19 heavy (non-hydrogen) atoms. The first-order valence-electron chi connectivity index (χ1n) is 6.60. The number of ether oxygens (including phenoxy) is 1. The molecule has 0 fully saturated rings. The highest BCUT2D eigenvalue weighted by Gasteiger charge is 2.16. The number of nitrogens with two attached hydrogens (primary N) is 1. The maximum atomic E-state index is 13.7. The second kappa shape index (κ2) is 7.19. The van der Waals surface area contributed by atoms with E-state index in [1.807, 2.05) is 25.7 Å². The molecule has 0 atom stereocenters. The number of halogens is 1. The van der Waals surface area contributed by atoms with Crippen LogP contribution in [0.15, 0.2) is 12.1 Å². The second-order valence-electron chi connectivity index (χ2n) is 4.70. The van der Waals surface area contributed by atoms with E-state index < -0.39 is 5.82 Å². The van der Waals surface area contributed by atoms with Crippen LogP contribution in [0.25, 0.3) is 0 Å². The number of anilines is 2. The van der Waals surface area contributed by atoms with Crippen molar-refractivity contribution in [1.29, 1.82) is 0 Å². The summed E-state index contributed by atoms with van der Waals surface area (Å²) in [6.07, 6.45) is 0.809. The Kier molecular flexibility index (Phi) is 5.89. The zero-order chi connectivity index (χ0) is 14.4. The zero-order valence-electron chi connectivity index (χ0n) is 11.8. The van der Waals surface area contributed by atoms with E-state index in [0.29, 0.717) is 24.5 Å². The number of benzene rings is 1. The lowest BCUT2D eigenvalue weighted by Crippen LogP contribution is -2.34. The molecular weight excluding hydrogens is 247 g/mol. The van der Waals surface area contributed by atoms with Gasteiger partial charge in [-0.05, 0) is 20.3 Å². The minimum absolute atomic E-state index is 0.0140. The second-order valence-corrected chi connectivity index (χ2v) is 4.70. The Hall–Kier alpha value is -1.49. The molecule has 0 spiro atoms. The summed E-state index contributed by atoms with van der Waals surface area (Å²) >= 11 is 0. The first kappa shape index (κ1) is 15.6. The van der Waals surface area contributed by atoms with Crippen molar-refractivity contribution in [2.45, 2.75) is 33.2 Å². The maximum Gasteiger partial charge on any atom is 0.167 e. The third-order valence-corrected chi connectivity index (χ3v) is 2.82. The molecule has 0 saturated heterocycles. The fourth-order valence-corrected chi connectivity index (χ4v) is 1.89. The van der Waals surface area contributed by atoms with E-state index in [9.17, 15) is 4.39 Å². The predicted octanol–water partition coefficient (Wildman–Crippen LogP) is 2.40. The first-order valence-corrected chi connectivity index (χ1v) is 6.60. The van der Waals surface area contributed by atoms with Crippen molar-refractivity contribution in [3.8, 4) is 5.75 Å². The SMILES string of the molecule is CCCOc1cc(N(CCO)C(C)C)c(N)cc1F. The number of aliphatic hydroxyl groups excluding tert-OH is 1. The number of nitrogens with zero attached hydrogens (tertiary/aromatic N) is 1. The van der Waals surface area contributed by atoms with Crippen LogP contribution < -0.4 is 15.4 Å². The monoisotopic (exact) mass is 270 g/mol. The highest BCUT2D eigenvalue weighted by atomic mass is 19.1. The van der Waals surface area contributed by atoms with E-state index in [-0.39, 0.29) is 18.4 Å². The minimum atomic E-state index is -0.456. The van der Waals surface area contributed by atoms with Crippen molar-refractivity contribution in [3.63, 3.8) is 0 Å². The summed E-state index contributed by atoms with van der Waals surface area (Å²) in [6, 6.07) is 3.03. The summed E-state index contributed by atoms with van der Waals surface area (Å²) in [5.74, 6) is -0.253. The molecule has 1 aromatic rings. The molecule has 0 heterocycles. The van der Waals surface area contributed by atoms with E-state index in [4.69, 9.17) is 15.6 Å². The van der Waals surface area contributed by atoms with Crippen molar-refractivity contribution in [3.05, 3.63) is 17.9 Å². The van der Waals surface area contributed by atoms with Crippen molar-refractivity contribution >= 4 is 11.4 Å². The molecule has 4 nitrogen and oxygen atoms in total. The van der Waals surface area contributed by atoms with Crippen molar-refractivity contribution in [2.24, 2.45) is 0 Å². The number of aliphatic hydroxyl groups is 1. The topological polar surface area (TPSA) is 58.7 Å². The van der Waals surface area contributed by atoms with Crippen molar-refractivity contribution < 1.29 is 14.2 Å². The molecule has 0 amide bonds. The molecule has 0 bridgehead atoms. The average molecular weight is 270 g/mol. The Balaban J connectivity index is 3.10. The predicted molar refractivity (Wildman–Crippen MR) is 76.2 cm³/mol. The third-order valence-electron chi connectivity index (χ3n) is 2.82. The van der Waals surface area contributed by atoms with Gasteiger partial charge in [0.15, 0.2) is 11.6 Å². The van der Waals surface area contributed by atoms with Gasteiger partial charge in [-0.1, -0.05) is 6.92 Å². The van der Waals surface area contributed by atoms with Gasteiger partial charge in [0.25, 0.3) is 0 Å². The molecule has 0 aromatic heterocycles. The van der Waals surface area contributed by atoms with Crippen molar-refractivity contribution in [1.82, 2.24) is 0 Å². The molecule has 1 aromatic carbocycles. The summed E-state index contributed by atoms with van der Waals surface area (Å²) in [4.78, 5) is 1.92. The highest BCUT2D eigenvalue weighted by Crippen LogP contribution is 2.32. The van der Waals surface area contributed by atoms with Gasteiger partial charge in [-0.15, -0.1) is 0 Å². The number of hydrogen-bond acceptors (Lipinski definition) is 4. The summed E-state index contributed by atoms with van der Waals surface area (Å²) in [5, 5.41) is 9.12.